The van der Waals surface area contributed by atoms with Crippen molar-refractivity contribution < 1.29 is 14.0 Å². The molecule has 1 saturated carbocycles. The largest absolute Gasteiger partial charge is 0.463 e. The maximum atomic E-state index is 13.7. The Morgan fingerprint density at radius 1 is 1.33 bits per heavy atom. The van der Waals surface area contributed by atoms with E-state index in [2.05, 4.69) is 33.0 Å². The maximum absolute atomic E-state index is 13.7. The summed E-state index contributed by atoms with van der Waals surface area (Å²) in [5, 5.41) is 3.34. The first-order chi connectivity index (χ1) is 14.2. The third kappa shape index (κ3) is 3.44. The van der Waals surface area contributed by atoms with E-state index < -0.39 is 5.54 Å². The van der Waals surface area contributed by atoms with Crippen molar-refractivity contribution in [3.05, 3.63) is 24.1 Å². The number of rotatable bonds is 5. The number of hydrogen-bond acceptors (Lipinski definition) is 3. The highest BCUT2D eigenvalue weighted by Gasteiger charge is 2.48. The molecule has 6 heteroatoms. The van der Waals surface area contributed by atoms with Crippen molar-refractivity contribution in [2.45, 2.75) is 78.4 Å². The van der Waals surface area contributed by atoms with Gasteiger partial charge in [-0.3, -0.25) is 9.59 Å². The second kappa shape index (κ2) is 7.78. The number of hydrogen-bond donors (Lipinski definition) is 1. The molecule has 1 aliphatic heterocycles. The molecule has 0 spiro atoms. The number of amides is 2. The average molecular weight is 414 g/mol. The van der Waals surface area contributed by atoms with Gasteiger partial charge in [0.25, 0.3) is 5.91 Å². The standard InChI is InChI=1S/C24H35N3O3/c1-15(2)9-11-27-22(28)20-13-21-19(10-12-30-21)26(20)14-24(27,5)23(29)25-18-8-6-7-16(3)17(18)4/h10,12-13,15-18H,6-9,11,14H2,1-5H3,(H,25,29)/t16-,17-,18+,24+/m0/s1. The normalized spacial score (nSPS) is 29.5. The van der Waals surface area contributed by atoms with Crippen LogP contribution in [-0.2, 0) is 11.3 Å². The molecule has 30 heavy (non-hydrogen) atoms. The lowest BCUT2D eigenvalue weighted by Gasteiger charge is -2.46. The topological polar surface area (TPSA) is 67.5 Å². The molecule has 3 heterocycles. The predicted octanol–water partition coefficient (Wildman–Crippen LogP) is 4.44. The third-order valence-electron chi connectivity index (χ3n) is 7.49. The molecule has 0 aromatic carbocycles. The van der Waals surface area contributed by atoms with Gasteiger partial charge in [0.05, 0.1) is 18.3 Å². The van der Waals surface area contributed by atoms with Crippen molar-refractivity contribution in [3.63, 3.8) is 0 Å². The Morgan fingerprint density at radius 3 is 2.83 bits per heavy atom. The molecule has 2 aliphatic rings. The zero-order valence-electron chi connectivity index (χ0n) is 18.9. The second-order valence-electron chi connectivity index (χ2n) is 10.0. The lowest BCUT2D eigenvalue weighted by molar-refractivity contribution is -0.134. The van der Waals surface area contributed by atoms with Crippen LogP contribution in [0.25, 0.3) is 11.1 Å². The van der Waals surface area contributed by atoms with Crippen molar-refractivity contribution in [1.29, 1.82) is 0 Å². The van der Waals surface area contributed by atoms with Crippen LogP contribution in [0.5, 0.6) is 0 Å². The number of nitrogens with zero attached hydrogens (tertiary/aromatic N) is 2. The van der Waals surface area contributed by atoms with Crippen LogP contribution in [-0.4, -0.2) is 39.4 Å². The van der Waals surface area contributed by atoms with Gasteiger partial charge in [-0.15, -0.1) is 0 Å². The molecular weight excluding hydrogens is 378 g/mol. The SMILES string of the molecule is CC(C)CCN1C(=O)c2cc3occc3n2C[C@]1(C)C(=O)N[C@@H]1CCC[C@H](C)[C@@H]1C. The van der Waals surface area contributed by atoms with E-state index in [0.717, 1.165) is 24.8 Å². The number of fused-ring (bicyclic) bond motifs is 3. The number of carbonyl (C=O) groups excluding carboxylic acids is 2. The highest BCUT2D eigenvalue weighted by molar-refractivity contribution is 6.02. The molecule has 4 atom stereocenters. The fourth-order valence-corrected chi connectivity index (χ4v) is 5.12. The molecule has 4 rings (SSSR count). The third-order valence-corrected chi connectivity index (χ3v) is 7.49. The molecule has 0 bridgehead atoms. The van der Waals surface area contributed by atoms with Gasteiger partial charge in [-0.2, -0.15) is 0 Å². The minimum Gasteiger partial charge on any atom is -0.463 e. The van der Waals surface area contributed by atoms with E-state index >= 15 is 0 Å². The molecule has 1 aliphatic carbocycles. The van der Waals surface area contributed by atoms with Crippen LogP contribution in [0, 0.1) is 17.8 Å². The maximum Gasteiger partial charge on any atom is 0.271 e. The summed E-state index contributed by atoms with van der Waals surface area (Å²) in [5.74, 6) is 1.37. The predicted molar refractivity (Wildman–Crippen MR) is 117 cm³/mol. The Balaban J connectivity index is 1.67. The number of aromatic nitrogens is 1. The van der Waals surface area contributed by atoms with E-state index in [9.17, 15) is 9.59 Å². The van der Waals surface area contributed by atoms with Crippen LogP contribution >= 0.6 is 0 Å². The Morgan fingerprint density at radius 2 is 2.10 bits per heavy atom. The fraction of sp³-hybridized carbons (Fsp3) is 0.667. The lowest BCUT2D eigenvalue weighted by Crippen LogP contribution is -2.65. The molecule has 2 aromatic heterocycles. The van der Waals surface area contributed by atoms with E-state index in [1.165, 1.54) is 6.42 Å². The fourth-order valence-electron chi connectivity index (χ4n) is 5.12. The number of furan rings is 1. The van der Waals surface area contributed by atoms with Crippen LogP contribution in [0.4, 0.5) is 0 Å². The minimum atomic E-state index is -0.928. The molecule has 1 fully saturated rings. The van der Waals surface area contributed by atoms with E-state index in [0.29, 0.717) is 42.1 Å². The molecule has 0 saturated heterocycles. The van der Waals surface area contributed by atoms with Gasteiger partial charge in [0, 0.05) is 24.7 Å². The molecule has 2 amide bonds. The summed E-state index contributed by atoms with van der Waals surface area (Å²) in [6, 6.07) is 3.85. The Kier molecular flexibility index (Phi) is 5.45. The summed E-state index contributed by atoms with van der Waals surface area (Å²) in [4.78, 5) is 29.0. The lowest BCUT2D eigenvalue weighted by atomic mass is 9.77. The highest BCUT2D eigenvalue weighted by Crippen LogP contribution is 2.35. The van der Waals surface area contributed by atoms with Crippen LogP contribution < -0.4 is 5.32 Å². The van der Waals surface area contributed by atoms with Gasteiger partial charge in [-0.1, -0.05) is 40.5 Å². The van der Waals surface area contributed by atoms with E-state index in [-0.39, 0.29) is 17.9 Å². The zero-order chi connectivity index (χ0) is 21.6. The summed E-state index contributed by atoms with van der Waals surface area (Å²) in [6.07, 6.45) is 5.86. The first kappa shape index (κ1) is 21.0. The van der Waals surface area contributed by atoms with E-state index in [1.807, 2.05) is 23.6 Å². The van der Waals surface area contributed by atoms with Gasteiger partial charge in [-0.05, 0) is 37.5 Å². The summed E-state index contributed by atoms with van der Waals surface area (Å²) in [5.41, 5.74) is 1.25. The van der Waals surface area contributed by atoms with Gasteiger partial charge in [0.1, 0.15) is 11.2 Å². The molecule has 2 aromatic rings. The van der Waals surface area contributed by atoms with Crippen molar-refractivity contribution in [1.82, 2.24) is 14.8 Å². The van der Waals surface area contributed by atoms with Crippen LogP contribution in [0.1, 0.15) is 70.8 Å². The van der Waals surface area contributed by atoms with E-state index in [4.69, 9.17) is 4.42 Å². The zero-order valence-corrected chi connectivity index (χ0v) is 18.9. The highest BCUT2D eigenvalue weighted by atomic mass is 16.3. The van der Waals surface area contributed by atoms with E-state index in [1.54, 1.807) is 11.2 Å². The van der Waals surface area contributed by atoms with Crippen LogP contribution in [0.15, 0.2) is 22.8 Å². The first-order valence-electron chi connectivity index (χ1n) is 11.4. The number of nitrogens with one attached hydrogen (secondary N) is 1. The van der Waals surface area contributed by atoms with Crippen LogP contribution in [0.2, 0.25) is 0 Å². The summed E-state index contributed by atoms with van der Waals surface area (Å²) in [7, 11) is 0. The quantitative estimate of drug-likeness (QED) is 0.788. The monoisotopic (exact) mass is 413 g/mol. The first-order valence-corrected chi connectivity index (χ1v) is 11.4. The smallest absolute Gasteiger partial charge is 0.271 e. The summed E-state index contributed by atoms with van der Waals surface area (Å²) < 4.78 is 7.49. The Hall–Kier alpha value is -2.24. The molecule has 0 radical (unpaired) electrons. The van der Waals surface area contributed by atoms with Crippen LogP contribution in [0.3, 0.4) is 0 Å². The van der Waals surface area contributed by atoms with Gasteiger partial charge in [0.15, 0.2) is 5.58 Å². The Labute approximate surface area is 179 Å². The molecule has 1 N–H and O–H groups in total. The summed E-state index contributed by atoms with van der Waals surface area (Å²) >= 11 is 0. The Bertz CT molecular complexity index is 943. The summed E-state index contributed by atoms with van der Waals surface area (Å²) in [6.45, 7) is 11.7. The van der Waals surface area contributed by atoms with Crippen molar-refractivity contribution >= 4 is 22.9 Å². The molecule has 6 nitrogen and oxygen atoms in total. The molecule has 164 valence electrons. The molecule has 0 unspecified atom stereocenters. The second-order valence-corrected chi connectivity index (χ2v) is 10.0. The van der Waals surface area contributed by atoms with Gasteiger partial charge in [0.2, 0.25) is 5.91 Å². The minimum absolute atomic E-state index is 0.0402. The van der Waals surface area contributed by atoms with Crippen molar-refractivity contribution in [2.75, 3.05) is 6.54 Å². The van der Waals surface area contributed by atoms with Gasteiger partial charge < -0.3 is 19.2 Å². The molecular formula is C24H35N3O3. The van der Waals surface area contributed by atoms with Crippen molar-refractivity contribution in [2.24, 2.45) is 17.8 Å². The average Bonchev–Trinajstić information content (AvgIpc) is 3.27. The number of carbonyl (C=O) groups is 2. The van der Waals surface area contributed by atoms with Gasteiger partial charge in [-0.25, -0.2) is 0 Å². The van der Waals surface area contributed by atoms with Crippen molar-refractivity contribution in [3.8, 4) is 0 Å². The van der Waals surface area contributed by atoms with Gasteiger partial charge >= 0.3 is 0 Å².